The minimum absolute atomic E-state index is 0. The van der Waals surface area contributed by atoms with Gasteiger partial charge in [-0.3, -0.25) is 0 Å². The van der Waals surface area contributed by atoms with E-state index in [1.54, 1.807) is 7.11 Å². The van der Waals surface area contributed by atoms with Crippen molar-refractivity contribution in [1.29, 1.82) is 0 Å². The molecule has 0 radical (unpaired) electrons. The minimum Gasteiger partial charge on any atom is -0.493 e. The summed E-state index contributed by atoms with van der Waals surface area (Å²) in [6.45, 7) is 6.89. The van der Waals surface area contributed by atoms with E-state index in [1.165, 1.54) is 5.56 Å². The molecule has 1 rings (SSSR count). The first-order valence-electron chi connectivity index (χ1n) is 6.32. The lowest BCUT2D eigenvalue weighted by molar-refractivity contribution is 0.294. The molecule has 0 heterocycles. The van der Waals surface area contributed by atoms with Crippen LogP contribution in [0.1, 0.15) is 32.3 Å². The number of hydrogen-bond donors (Lipinski definition) is 1. The molecule has 1 aromatic carbocycles. The minimum atomic E-state index is 0. The molecule has 0 saturated carbocycles. The van der Waals surface area contributed by atoms with Gasteiger partial charge in [0.05, 0.1) is 13.7 Å². The molecule has 0 saturated heterocycles. The lowest BCUT2D eigenvalue weighted by Gasteiger charge is -2.12. The van der Waals surface area contributed by atoms with E-state index in [9.17, 15) is 0 Å². The quantitative estimate of drug-likeness (QED) is 0.737. The Morgan fingerprint density at radius 1 is 1.11 bits per heavy atom. The van der Waals surface area contributed by atoms with Crippen LogP contribution < -0.4 is 14.8 Å². The Balaban J connectivity index is 0.00000289. The van der Waals surface area contributed by atoms with Crippen LogP contribution in [-0.4, -0.2) is 20.3 Å². The summed E-state index contributed by atoms with van der Waals surface area (Å²) < 4.78 is 10.9. The predicted molar refractivity (Wildman–Crippen MR) is 78.0 cm³/mol. The Morgan fingerprint density at radius 3 is 2.50 bits per heavy atom. The second-order valence-electron chi connectivity index (χ2n) is 4.01. The Bertz CT molecular complexity index is 332. The molecule has 0 bridgehead atoms. The van der Waals surface area contributed by atoms with Gasteiger partial charge in [0, 0.05) is 6.54 Å². The number of rotatable bonds is 8. The van der Waals surface area contributed by atoms with Gasteiger partial charge in [-0.1, -0.05) is 19.9 Å². The summed E-state index contributed by atoms with van der Waals surface area (Å²) in [4.78, 5) is 0. The van der Waals surface area contributed by atoms with E-state index in [1.807, 2.05) is 12.1 Å². The highest BCUT2D eigenvalue weighted by Crippen LogP contribution is 2.28. The van der Waals surface area contributed by atoms with Crippen molar-refractivity contribution in [3.05, 3.63) is 23.8 Å². The van der Waals surface area contributed by atoms with E-state index in [4.69, 9.17) is 9.47 Å². The van der Waals surface area contributed by atoms with Crippen molar-refractivity contribution in [2.24, 2.45) is 0 Å². The lowest BCUT2D eigenvalue weighted by Crippen LogP contribution is -2.13. The third-order valence-corrected chi connectivity index (χ3v) is 2.45. The molecule has 0 unspecified atom stereocenters. The average molecular weight is 274 g/mol. The summed E-state index contributed by atoms with van der Waals surface area (Å²) in [7, 11) is 1.68. The molecule has 0 aliphatic rings. The van der Waals surface area contributed by atoms with Crippen molar-refractivity contribution in [3.8, 4) is 11.5 Å². The van der Waals surface area contributed by atoms with Crippen LogP contribution in [-0.2, 0) is 6.54 Å². The Kier molecular flexibility index (Phi) is 9.52. The van der Waals surface area contributed by atoms with Gasteiger partial charge in [0.25, 0.3) is 0 Å². The van der Waals surface area contributed by atoms with E-state index in [0.717, 1.165) is 44.0 Å². The first-order valence-corrected chi connectivity index (χ1v) is 6.32. The van der Waals surface area contributed by atoms with Crippen LogP contribution in [0.5, 0.6) is 11.5 Å². The standard InChI is InChI=1S/C14H23NO2.ClH/c1-4-8-15-11-12-6-7-13(17-9-5-2)14(10-12)16-3;/h6-7,10,15H,4-5,8-9,11H2,1-3H3;1H. The molecule has 0 atom stereocenters. The van der Waals surface area contributed by atoms with Crippen LogP contribution in [0, 0.1) is 0 Å². The van der Waals surface area contributed by atoms with Crippen molar-refractivity contribution in [3.63, 3.8) is 0 Å². The first kappa shape index (κ1) is 17.1. The third kappa shape index (κ3) is 5.61. The molecule has 0 aromatic heterocycles. The first-order chi connectivity index (χ1) is 8.31. The number of ether oxygens (including phenoxy) is 2. The smallest absolute Gasteiger partial charge is 0.161 e. The highest BCUT2D eigenvalue weighted by Gasteiger charge is 2.05. The number of methoxy groups -OCH3 is 1. The van der Waals surface area contributed by atoms with Gasteiger partial charge in [0.1, 0.15) is 0 Å². The summed E-state index contributed by atoms with van der Waals surface area (Å²) in [6, 6.07) is 6.10. The van der Waals surface area contributed by atoms with E-state index in [0.29, 0.717) is 0 Å². The van der Waals surface area contributed by atoms with E-state index < -0.39 is 0 Å². The summed E-state index contributed by atoms with van der Waals surface area (Å²) >= 11 is 0. The maximum atomic E-state index is 5.61. The fourth-order valence-corrected chi connectivity index (χ4v) is 1.56. The van der Waals surface area contributed by atoms with Gasteiger partial charge in [-0.05, 0) is 37.1 Å². The van der Waals surface area contributed by atoms with E-state index in [2.05, 4.69) is 25.2 Å². The Hall–Kier alpha value is -0.930. The fourth-order valence-electron chi connectivity index (χ4n) is 1.56. The van der Waals surface area contributed by atoms with Crippen molar-refractivity contribution in [1.82, 2.24) is 5.32 Å². The monoisotopic (exact) mass is 273 g/mol. The van der Waals surface area contributed by atoms with Gasteiger partial charge < -0.3 is 14.8 Å². The third-order valence-electron chi connectivity index (χ3n) is 2.45. The largest absolute Gasteiger partial charge is 0.493 e. The summed E-state index contributed by atoms with van der Waals surface area (Å²) in [5.74, 6) is 1.64. The van der Waals surface area contributed by atoms with E-state index in [-0.39, 0.29) is 12.4 Å². The van der Waals surface area contributed by atoms with Gasteiger partial charge in [-0.15, -0.1) is 12.4 Å². The van der Waals surface area contributed by atoms with Gasteiger partial charge in [-0.25, -0.2) is 0 Å². The highest BCUT2D eigenvalue weighted by molar-refractivity contribution is 5.85. The van der Waals surface area contributed by atoms with Crippen molar-refractivity contribution < 1.29 is 9.47 Å². The maximum absolute atomic E-state index is 5.61. The van der Waals surface area contributed by atoms with Crippen LogP contribution in [0.15, 0.2) is 18.2 Å². The van der Waals surface area contributed by atoms with Gasteiger partial charge >= 0.3 is 0 Å². The highest BCUT2D eigenvalue weighted by atomic mass is 35.5. The number of halogens is 1. The predicted octanol–water partition coefficient (Wildman–Crippen LogP) is 3.41. The SMILES string of the molecule is CCCNCc1ccc(OCCC)c(OC)c1.Cl. The zero-order valence-electron chi connectivity index (χ0n) is 11.5. The van der Waals surface area contributed by atoms with E-state index >= 15 is 0 Å². The molecule has 0 spiro atoms. The van der Waals surface area contributed by atoms with Crippen molar-refractivity contribution >= 4 is 12.4 Å². The average Bonchev–Trinajstić information content (AvgIpc) is 2.37. The second-order valence-corrected chi connectivity index (χ2v) is 4.01. The Morgan fingerprint density at radius 2 is 1.89 bits per heavy atom. The normalized spacial score (nSPS) is 9.72. The summed E-state index contributed by atoms with van der Waals surface area (Å²) in [6.07, 6.45) is 2.15. The van der Waals surface area contributed by atoms with Gasteiger partial charge in [0.2, 0.25) is 0 Å². The maximum Gasteiger partial charge on any atom is 0.161 e. The molecule has 0 aliphatic carbocycles. The zero-order chi connectivity index (χ0) is 12.5. The molecule has 104 valence electrons. The molecule has 0 amide bonds. The molecule has 1 N–H and O–H groups in total. The van der Waals surface area contributed by atoms with Crippen LogP contribution >= 0.6 is 12.4 Å². The van der Waals surface area contributed by atoms with Crippen LogP contribution in [0.2, 0.25) is 0 Å². The van der Waals surface area contributed by atoms with Crippen LogP contribution in [0.3, 0.4) is 0 Å². The molecule has 0 aliphatic heterocycles. The Labute approximate surface area is 116 Å². The van der Waals surface area contributed by atoms with Crippen molar-refractivity contribution in [2.75, 3.05) is 20.3 Å². The zero-order valence-corrected chi connectivity index (χ0v) is 12.3. The van der Waals surface area contributed by atoms with Gasteiger partial charge in [-0.2, -0.15) is 0 Å². The molecular weight excluding hydrogens is 250 g/mol. The molecule has 18 heavy (non-hydrogen) atoms. The summed E-state index contributed by atoms with van der Waals surface area (Å²) in [5, 5.41) is 3.37. The molecule has 1 aromatic rings. The lowest BCUT2D eigenvalue weighted by atomic mass is 10.2. The molecule has 3 nitrogen and oxygen atoms in total. The summed E-state index contributed by atoms with van der Waals surface area (Å²) in [5.41, 5.74) is 1.22. The topological polar surface area (TPSA) is 30.5 Å². The molecule has 4 heteroatoms. The molecule has 0 fully saturated rings. The number of benzene rings is 1. The van der Waals surface area contributed by atoms with Crippen molar-refractivity contribution in [2.45, 2.75) is 33.2 Å². The second kappa shape index (κ2) is 10.0. The molecular formula is C14H24ClNO2. The van der Waals surface area contributed by atoms with Crippen LogP contribution in [0.25, 0.3) is 0 Å². The van der Waals surface area contributed by atoms with Gasteiger partial charge in [0.15, 0.2) is 11.5 Å². The fraction of sp³-hybridized carbons (Fsp3) is 0.571. The van der Waals surface area contributed by atoms with Crippen LogP contribution in [0.4, 0.5) is 0 Å². The number of hydrogen-bond acceptors (Lipinski definition) is 3. The number of nitrogens with one attached hydrogen (secondary N) is 1.